The van der Waals surface area contributed by atoms with Crippen molar-refractivity contribution in [3.8, 4) is 0 Å². The van der Waals surface area contributed by atoms with Crippen LogP contribution in [0.2, 0.25) is 0 Å². The summed E-state index contributed by atoms with van der Waals surface area (Å²) in [4.78, 5) is 52.7. The quantitative estimate of drug-likeness (QED) is 0.679. The molecule has 1 aromatic rings. The van der Waals surface area contributed by atoms with Gasteiger partial charge in [0, 0.05) is 38.3 Å². The van der Waals surface area contributed by atoms with E-state index in [0.717, 1.165) is 12.5 Å². The third-order valence-corrected chi connectivity index (χ3v) is 4.72. The van der Waals surface area contributed by atoms with Gasteiger partial charge in [-0.15, -0.1) is 0 Å². The number of carbonyl (C=O) groups excluding carboxylic acids is 4. The van der Waals surface area contributed by atoms with Crippen LogP contribution in [0.15, 0.2) is 18.2 Å². The molecule has 3 rings (SSSR count). The van der Waals surface area contributed by atoms with Gasteiger partial charge in [0.1, 0.15) is 5.60 Å². The molecule has 0 bridgehead atoms. The van der Waals surface area contributed by atoms with E-state index in [0.29, 0.717) is 17.8 Å². The summed E-state index contributed by atoms with van der Waals surface area (Å²) < 4.78 is 16.0. The Hall–Kier alpha value is -2.94. The number of nitrogens with zero attached hydrogens (tertiary/aromatic N) is 2. The monoisotopic (exact) mass is 418 g/mol. The first-order chi connectivity index (χ1) is 14.0. The molecule has 9 heteroatoms. The van der Waals surface area contributed by atoms with Gasteiger partial charge < -0.3 is 24.0 Å². The van der Waals surface area contributed by atoms with Crippen LogP contribution in [0.4, 0.5) is 5.69 Å². The fraction of sp³-hybridized carbons (Fsp3) is 0.524. The molecule has 0 aliphatic carbocycles. The minimum atomic E-state index is -1.53. The van der Waals surface area contributed by atoms with Crippen molar-refractivity contribution in [1.82, 2.24) is 4.90 Å². The Labute approximate surface area is 174 Å². The van der Waals surface area contributed by atoms with Crippen LogP contribution >= 0.6 is 0 Å². The van der Waals surface area contributed by atoms with Gasteiger partial charge in [0.25, 0.3) is 11.8 Å². The SMILES string of the molecule is CC(=O)O[C@@H](C(=O)OC(C)(C)C)[C@H]1OCCN(c2ccc3c(c2)C(=O)N(C)C3)C1=O. The predicted molar refractivity (Wildman–Crippen MR) is 106 cm³/mol. The molecule has 2 aliphatic heterocycles. The summed E-state index contributed by atoms with van der Waals surface area (Å²) in [5.41, 5.74) is 1.10. The molecule has 1 saturated heterocycles. The molecule has 0 N–H and O–H groups in total. The van der Waals surface area contributed by atoms with Crippen LogP contribution < -0.4 is 4.90 Å². The second kappa shape index (κ2) is 8.06. The van der Waals surface area contributed by atoms with Gasteiger partial charge in [-0.05, 0) is 38.5 Å². The van der Waals surface area contributed by atoms with Crippen molar-refractivity contribution >= 4 is 29.4 Å². The van der Waals surface area contributed by atoms with Gasteiger partial charge in [0.05, 0.1) is 6.61 Å². The summed E-state index contributed by atoms with van der Waals surface area (Å²) in [5, 5.41) is 0. The zero-order valence-electron chi connectivity index (χ0n) is 17.8. The van der Waals surface area contributed by atoms with Crippen LogP contribution in [-0.4, -0.2) is 66.7 Å². The minimum Gasteiger partial charge on any atom is -0.457 e. The summed E-state index contributed by atoms with van der Waals surface area (Å²) in [7, 11) is 1.71. The summed E-state index contributed by atoms with van der Waals surface area (Å²) in [6.45, 7) is 7.03. The fourth-order valence-corrected chi connectivity index (χ4v) is 3.45. The Balaban J connectivity index is 1.87. The number of benzene rings is 1. The topological polar surface area (TPSA) is 102 Å². The van der Waals surface area contributed by atoms with Gasteiger partial charge in [-0.2, -0.15) is 0 Å². The maximum Gasteiger partial charge on any atom is 0.351 e. The lowest BCUT2D eigenvalue weighted by molar-refractivity contribution is -0.188. The van der Waals surface area contributed by atoms with E-state index in [4.69, 9.17) is 14.2 Å². The Morgan fingerprint density at radius 1 is 1.23 bits per heavy atom. The first-order valence-electron chi connectivity index (χ1n) is 9.69. The van der Waals surface area contributed by atoms with Crippen molar-refractivity contribution in [2.24, 2.45) is 0 Å². The molecule has 0 saturated carbocycles. The highest BCUT2D eigenvalue weighted by Gasteiger charge is 2.44. The predicted octanol–water partition coefficient (Wildman–Crippen LogP) is 1.28. The van der Waals surface area contributed by atoms with Crippen LogP contribution in [-0.2, 0) is 35.1 Å². The molecule has 1 fully saturated rings. The van der Waals surface area contributed by atoms with E-state index in [1.807, 2.05) is 0 Å². The highest BCUT2D eigenvalue weighted by atomic mass is 16.6. The first-order valence-corrected chi connectivity index (χ1v) is 9.69. The standard InChI is InChI=1S/C21H26N2O7/c1-12(24)29-17(20(27)30-21(2,3)4)16-19(26)23(8-9-28-16)14-7-6-13-11-22(5)18(25)15(13)10-14/h6-7,10,16-17H,8-9,11H2,1-5H3/t16-,17-/m1/s1. The van der Waals surface area contributed by atoms with E-state index in [9.17, 15) is 19.2 Å². The van der Waals surface area contributed by atoms with Crippen molar-refractivity contribution in [3.05, 3.63) is 29.3 Å². The maximum atomic E-state index is 13.2. The van der Waals surface area contributed by atoms with Crippen LogP contribution in [0.5, 0.6) is 0 Å². The average Bonchev–Trinajstić information content (AvgIpc) is 2.92. The smallest absolute Gasteiger partial charge is 0.351 e. The normalized spacial score (nSPS) is 20.1. The lowest BCUT2D eigenvalue weighted by Gasteiger charge is -2.35. The maximum absolute atomic E-state index is 13.2. The molecule has 162 valence electrons. The number of esters is 2. The number of rotatable bonds is 4. The largest absolute Gasteiger partial charge is 0.457 e. The zero-order valence-corrected chi connectivity index (χ0v) is 17.8. The number of hydrogen-bond donors (Lipinski definition) is 0. The second-order valence-corrected chi connectivity index (χ2v) is 8.35. The number of amides is 2. The first kappa shape index (κ1) is 21.8. The van der Waals surface area contributed by atoms with E-state index in [1.54, 1.807) is 50.9 Å². The van der Waals surface area contributed by atoms with Crippen LogP contribution in [0.1, 0.15) is 43.6 Å². The summed E-state index contributed by atoms with van der Waals surface area (Å²) in [6, 6.07) is 5.22. The Morgan fingerprint density at radius 3 is 2.57 bits per heavy atom. The molecule has 2 amide bonds. The molecule has 0 radical (unpaired) electrons. The van der Waals surface area contributed by atoms with Gasteiger partial charge in [0.2, 0.25) is 6.10 Å². The molecule has 2 heterocycles. The molecule has 0 spiro atoms. The van der Waals surface area contributed by atoms with Crippen molar-refractivity contribution in [2.45, 2.75) is 52.0 Å². The Bertz CT molecular complexity index is 890. The average molecular weight is 418 g/mol. The molecule has 30 heavy (non-hydrogen) atoms. The van der Waals surface area contributed by atoms with Gasteiger partial charge in [-0.1, -0.05) is 6.07 Å². The van der Waals surface area contributed by atoms with Crippen molar-refractivity contribution in [3.63, 3.8) is 0 Å². The van der Waals surface area contributed by atoms with E-state index < -0.39 is 35.7 Å². The van der Waals surface area contributed by atoms with Gasteiger partial charge in [-0.3, -0.25) is 14.4 Å². The summed E-state index contributed by atoms with van der Waals surface area (Å²) in [6.07, 6.45) is -2.87. The third-order valence-electron chi connectivity index (χ3n) is 4.72. The Morgan fingerprint density at radius 2 is 1.93 bits per heavy atom. The number of anilines is 1. The number of carbonyl (C=O) groups is 4. The van der Waals surface area contributed by atoms with Crippen molar-refractivity contribution < 1.29 is 33.4 Å². The Kier molecular flexibility index (Phi) is 5.85. The molecule has 0 aromatic heterocycles. The minimum absolute atomic E-state index is 0.115. The van der Waals surface area contributed by atoms with E-state index in [-0.39, 0.29) is 19.1 Å². The summed E-state index contributed by atoms with van der Waals surface area (Å²) >= 11 is 0. The molecule has 9 nitrogen and oxygen atoms in total. The molecule has 2 aliphatic rings. The zero-order chi connectivity index (χ0) is 22.2. The van der Waals surface area contributed by atoms with E-state index >= 15 is 0 Å². The molecular formula is C21H26N2O7. The third kappa shape index (κ3) is 4.46. The van der Waals surface area contributed by atoms with Crippen LogP contribution in [0, 0.1) is 0 Å². The number of ether oxygens (including phenoxy) is 3. The van der Waals surface area contributed by atoms with Gasteiger partial charge in [-0.25, -0.2) is 4.79 Å². The number of fused-ring (bicyclic) bond motifs is 1. The van der Waals surface area contributed by atoms with E-state index in [2.05, 4.69) is 0 Å². The van der Waals surface area contributed by atoms with Crippen LogP contribution in [0.25, 0.3) is 0 Å². The molecule has 2 atom stereocenters. The van der Waals surface area contributed by atoms with E-state index in [1.165, 1.54) is 4.90 Å². The molecule has 0 unspecified atom stereocenters. The number of morpholine rings is 1. The second-order valence-electron chi connectivity index (χ2n) is 8.35. The summed E-state index contributed by atoms with van der Waals surface area (Å²) in [5.74, 6) is -2.25. The fourth-order valence-electron chi connectivity index (χ4n) is 3.45. The van der Waals surface area contributed by atoms with Crippen molar-refractivity contribution in [2.75, 3.05) is 25.1 Å². The van der Waals surface area contributed by atoms with Gasteiger partial charge in [0.15, 0.2) is 6.10 Å². The lowest BCUT2D eigenvalue weighted by Crippen LogP contribution is -2.56. The highest BCUT2D eigenvalue weighted by molar-refractivity contribution is 6.03. The van der Waals surface area contributed by atoms with Crippen molar-refractivity contribution in [1.29, 1.82) is 0 Å². The van der Waals surface area contributed by atoms with Gasteiger partial charge >= 0.3 is 11.9 Å². The highest BCUT2D eigenvalue weighted by Crippen LogP contribution is 2.29. The van der Waals surface area contributed by atoms with Crippen LogP contribution in [0.3, 0.4) is 0 Å². The lowest BCUT2D eigenvalue weighted by atomic mass is 10.1. The number of hydrogen-bond acceptors (Lipinski definition) is 7. The molecule has 1 aromatic carbocycles. The molecular weight excluding hydrogens is 392 g/mol.